The second kappa shape index (κ2) is 12.2. The van der Waals surface area contributed by atoms with Gasteiger partial charge in [0.05, 0.1) is 11.8 Å². The molecule has 26 heavy (non-hydrogen) atoms. The van der Waals surface area contributed by atoms with E-state index in [1.807, 2.05) is 0 Å². The first-order valence-corrected chi connectivity index (χ1v) is 9.34. The maximum Gasteiger partial charge on any atom is 0.306 e. The third-order valence-corrected chi connectivity index (χ3v) is 4.79. The summed E-state index contributed by atoms with van der Waals surface area (Å²) in [6.07, 6.45) is 10.5. The Balaban J connectivity index is 0.000000195. The number of hydrogen-bond donors (Lipinski definition) is 4. The molecule has 0 saturated heterocycles. The Kier molecular flexibility index (Phi) is 10.2. The van der Waals surface area contributed by atoms with Crippen LogP contribution in [0, 0.1) is 11.8 Å². The summed E-state index contributed by atoms with van der Waals surface area (Å²) in [6.45, 7) is 0. The quantitative estimate of drug-likeness (QED) is 0.577. The number of rotatable bonds is 2. The Morgan fingerprint density at radius 2 is 0.962 bits per heavy atom. The van der Waals surface area contributed by atoms with E-state index in [-0.39, 0.29) is 23.3 Å². The highest BCUT2D eigenvalue weighted by atomic mass is 16.4. The average molecular weight is 366 g/mol. The maximum absolute atomic E-state index is 10.4. The molecule has 0 amide bonds. The molecule has 0 spiro atoms. The van der Waals surface area contributed by atoms with Gasteiger partial charge in [-0.25, -0.2) is 0 Å². The lowest BCUT2D eigenvalue weighted by atomic mass is 9.90. The van der Waals surface area contributed by atoms with E-state index in [0.717, 1.165) is 51.4 Å². The molecule has 2 aliphatic rings. The summed E-state index contributed by atoms with van der Waals surface area (Å²) in [6, 6.07) is 6.15. The molecule has 0 radical (unpaired) electrons. The molecule has 0 aliphatic heterocycles. The monoisotopic (exact) mass is 366 g/mol. The van der Waals surface area contributed by atoms with Crippen molar-refractivity contribution in [2.24, 2.45) is 11.8 Å². The summed E-state index contributed by atoms with van der Waals surface area (Å²) < 4.78 is 0. The Hall–Kier alpha value is -2.24. The molecule has 6 nitrogen and oxygen atoms in total. The van der Waals surface area contributed by atoms with E-state index < -0.39 is 11.9 Å². The SMILES string of the molecule is O=C(O)C1CCCCC1.O=C(O)C1CCCCC1.Oc1ccccc1O. The minimum atomic E-state index is -0.602. The molecule has 4 N–H and O–H groups in total. The lowest BCUT2D eigenvalue weighted by Crippen LogP contribution is -2.16. The van der Waals surface area contributed by atoms with Crippen LogP contribution in [0.1, 0.15) is 64.2 Å². The van der Waals surface area contributed by atoms with Crippen molar-refractivity contribution < 1.29 is 30.0 Å². The fourth-order valence-electron chi connectivity index (χ4n) is 3.16. The number of aliphatic carboxylic acids is 2. The lowest BCUT2D eigenvalue weighted by molar-refractivity contribution is -0.143. The number of benzene rings is 1. The second-order valence-electron chi connectivity index (χ2n) is 6.84. The van der Waals surface area contributed by atoms with Gasteiger partial charge >= 0.3 is 11.9 Å². The standard InChI is InChI=1S/2C7H12O2.C6H6O2/c2*8-7(9)6-4-2-1-3-5-6;7-5-3-1-2-4-6(5)8/h2*6H,1-5H2,(H,8,9);1-4,7-8H. The Morgan fingerprint density at radius 3 is 1.15 bits per heavy atom. The van der Waals surface area contributed by atoms with Crippen LogP contribution in [-0.2, 0) is 9.59 Å². The van der Waals surface area contributed by atoms with Crippen molar-refractivity contribution >= 4 is 11.9 Å². The zero-order valence-corrected chi connectivity index (χ0v) is 15.1. The van der Waals surface area contributed by atoms with Gasteiger partial charge in [-0.05, 0) is 37.8 Å². The third kappa shape index (κ3) is 8.74. The first-order valence-electron chi connectivity index (χ1n) is 9.34. The van der Waals surface area contributed by atoms with Crippen LogP contribution >= 0.6 is 0 Å². The molecule has 1 aromatic carbocycles. The van der Waals surface area contributed by atoms with Gasteiger partial charge in [-0.15, -0.1) is 0 Å². The van der Waals surface area contributed by atoms with E-state index in [0.29, 0.717) is 0 Å². The fraction of sp³-hybridized carbons (Fsp3) is 0.600. The average Bonchev–Trinajstić information content (AvgIpc) is 2.66. The number of phenolic OH excluding ortho intramolecular Hbond substituents is 2. The number of aromatic hydroxyl groups is 2. The normalized spacial score (nSPS) is 17.8. The van der Waals surface area contributed by atoms with Crippen LogP contribution in [0.3, 0.4) is 0 Å². The maximum atomic E-state index is 10.4. The molecule has 0 bridgehead atoms. The van der Waals surface area contributed by atoms with E-state index in [1.54, 1.807) is 12.1 Å². The van der Waals surface area contributed by atoms with E-state index in [4.69, 9.17) is 20.4 Å². The summed E-state index contributed by atoms with van der Waals surface area (Å²) in [5, 5.41) is 34.4. The molecule has 0 aromatic heterocycles. The van der Waals surface area contributed by atoms with Crippen molar-refractivity contribution in [3.63, 3.8) is 0 Å². The summed E-state index contributed by atoms with van der Waals surface area (Å²) in [4.78, 5) is 20.7. The summed E-state index contributed by atoms with van der Waals surface area (Å²) in [5.74, 6) is -1.41. The molecular formula is C20H30O6. The van der Waals surface area contributed by atoms with Crippen LogP contribution in [0.15, 0.2) is 24.3 Å². The highest BCUT2D eigenvalue weighted by molar-refractivity contribution is 5.70. The molecule has 0 atom stereocenters. The topological polar surface area (TPSA) is 115 Å². The van der Waals surface area contributed by atoms with Gasteiger partial charge in [-0.2, -0.15) is 0 Å². The van der Waals surface area contributed by atoms with Gasteiger partial charge in [0.1, 0.15) is 0 Å². The van der Waals surface area contributed by atoms with Crippen LogP contribution in [0.25, 0.3) is 0 Å². The van der Waals surface area contributed by atoms with Gasteiger partial charge in [0, 0.05) is 0 Å². The fourth-order valence-corrected chi connectivity index (χ4v) is 3.16. The van der Waals surface area contributed by atoms with E-state index >= 15 is 0 Å². The summed E-state index contributed by atoms with van der Waals surface area (Å²) >= 11 is 0. The van der Waals surface area contributed by atoms with Crippen molar-refractivity contribution in [2.75, 3.05) is 0 Å². The minimum absolute atomic E-state index is 0.0289. The van der Waals surface area contributed by atoms with E-state index in [9.17, 15) is 9.59 Å². The lowest BCUT2D eigenvalue weighted by Gasteiger charge is -2.16. The first kappa shape index (κ1) is 21.8. The molecule has 3 rings (SSSR count). The molecule has 0 unspecified atom stereocenters. The number of carboxylic acids is 2. The van der Waals surface area contributed by atoms with Crippen molar-refractivity contribution in [3.8, 4) is 11.5 Å². The number of para-hydroxylation sites is 2. The molecule has 2 saturated carbocycles. The molecule has 2 aliphatic carbocycles. The van der Waals surface area contributed by atoms with Crippen molar-refractivity contribution in [2.45, 2.75) is 64.2 Å². The molecule has 2 fully saturated rings. The largest absolute Gasteiger partial charge is 0.504 e. The van der Waals surface area contributed by atoms with Crippen LogP contribution in [0.5, 0.6) is 11.5 Å². The summed E-state index contributed by atoms with van der Waals surface area (Å²) in [5.41, 5.74) is 0. The van der Waals surface area contributed by atoms with Gasteiger partial charge in [-0.3, -0.25) is 9.59 Å². The molecule has 6 heteroatoms. The zero-order valence-electron chi connectivity index (χ0n) is 15.1. The first-order chi connectivity index (χ1) is 12.4. The predicted octanol–water partition coefficient (Wildman–Crippen LogP) is 4.40. The third-order valence-electron chi connectivity index (χ3n) is 4.79. The second-order valence-corrected chi connectivity index (χ2v) is 6.84. The van der Waals surface area contributed by atoms with Crippen LogP contribution < -0.4 is 0 Å². The van der Waals surface area contributed by atoms with Crippen LogP contribution in [-0.4, -0.2) is 32.4 Å². The molecular weight excluding hydrogens is 336 g/mol. The van der Waals surface area contributed by atoms with Gasteiger partial charge in [0.2, 0.25) is 0 Å². The smallest absolute Gasteiger partial charge is 0.306 e. The number of carboxylic acid groups (broad SMARTS) is 2. The number of hydrogen-bond acceptors (Lipinski definition) is 4. The Bertz CT molecular complexity index is 496. The zero-order chi connectivity index (χ0) is 19.4. The van der Waals surface area contributed by atoms with Crippen LogP contribution in [0.2, 0.25) is 0 Å². The van der Waals surface area contributed by atoms with Crippen LogP contribution in [0.4, 0.5) is 0 Å². The van der Waals surface area contributed by atoms with Crippen molar-refractivity contribution in [1.29, 1.82) is 0 Å². The van der Waals surface area contributed by atoms with Crippen molar-refractivity contribution in [1.82, 2.24) is 0 Å². The highest BCUT2D eigenvalue weighted by Crippen LogP contribution is 2.24. The minimum Gasteiger partial charge on any atom is -0.504 e. The van der Waals surface area contributed by atoms with E-state index in [1.165, 1.54) is 25.0 Å². The van der Waals surface area contributed by atoms with E-state index in [2.05, 4.69) is 0 Å². The number of phenols is 2. The van der Waals surface area contributed by atoms with Gasteiger partial charge < -0.3 is 20.4 Å². The van der Waals surface area contributed by atoms with Crippen molar-refractivity contribution in [3.05, 3.63) is 24.3 Å². The Labute approximate surface area is 154 Å². The summed E-state index contributed by atoms with van der Waals surface area (Å²) in [7, 11) is 0. The molecule has 1 aromatic rings. The Morgan fingerprint density at radius 1 is 0.654 bits per heavy atom. The number of carbonyl (C=O) groups is 2. The predicted molar refractivity (Wildman–Crippen MR) is 98.2 cm³/mol. The molecule has 0 heterocycles. The van der Waals surface area contributed by atoms with Gasteiger partial charge in [0.25, 0.3) is 0 Å². The van der Waals surface area contributed by atoms with Gasteiger partial charge in [-0.1, -0.05) is 50.7 Å². The molecule has 146 valence electrons. The highest BCUT2D eigenvalue weighted by Gasteiger charge is 2.20. The van der Waals surface area contributed by atoms with Gasteiger partial charge in [0.15, 0.2) is 11.5 Å².